The first kappa shape index (κ1) is 21.7. The summed E-state index contributed by atoms with van der Waals surface area (Å²) in [5, 5.41) is 14.9. The van der Waals surface area contributed by atoms with E-state index in [9.17, 15) is 23.1 Å². The van der Waals surface area contributed by atoms with Crippen molar-refractivity contribution in [1.82, 2.24) is 9.73 Å². The van der Waals surface area contributed by atoms with Crippen LogP contribution in [-0.4, -0.2) is 43.9 Å². The molecule has 8 nitrogen and oxygen atoms in total. The van der Waals surface area contributed by atoms with Crippen molar-refractivity contribution in [2.45, 2.75) is 24.7 Å². The van der Waals surface area contributed by atoms with Gasteiger partial charge in [0.2, 0.25) is 15.9 Å². The minimum atomic E-state index is -3.58. The topological polar surface area (TPSA) is 119 Å². The van der Waals surface area contributed by atoms with Gasteiger partial charge in [0.05, 0.1) is 17.1 Å². The molecule has 0 spiro atoms. The average Bonchev–Trinajstić information content (AvgIpc) is 2.74. The summed E-state index contributed by atoms with van der Waals surface area (Å²) in [6.45, 7) is 2.37. The number of nitrogens with zero attached hydrogens (tertiary/aromatic N) is 2. The van der Waals surface area contributed by atoms with Crippen molar-refractivity contribution in [2.75, 3.05) is 13.1 Å². The number of aromatic carboxylic acids is 1. The van der Waals surface area contributed by atoms with Crippen molar-refractivity contribution in [2.24, 2.45) is 11.0 Å². The zero-order valence-corrected chi connectivity index (χ0v) is 17.3. The number of piperidine rings is 1. The van der Waals surface area contributed by atoms with Crippen LogP contribution in [0.3, 0.4) is 0 Å². The van der Waals surface area contributed by atoms with Gasteiger partial charge in [0, 0.05) is 30.1 Å². The van der Waals surface area contributed by atoms with E-state index in [1.54, 1.807) is 42.5 Å². The molecule has 1 fully saturated rings. The minimum absolute atomic E-state index is 0.0230. The fraction of sp³-hybridized carbons (Fsp3) is 0.286. The molecule has 0 atom stereocenters. The summed E-state index contributed by atoms with van der Waals surface area (Å²) in [4.78, 5) is 23.7. The van der Waals surface area contributed by atoms with Crippen molar-refractivity contribution in [3.8, 4) is 0 Å². The Morgan fingerprint density at radius 1 is 1.10 bits per heavy atom. The number of carbonyl (C=O) groups is 2. The van der Waals surface area contributed by atoms with Crippen LogP contribution >= 0.6 is 0 Å². The fourth-order valence-electron chi connectivity index (χ4n) is 3.27. The van der Waals surface area contributed by atoms with Crippen LogP contribution in [0.25, 0.3) is 0 Å². The molecule has 1 aliphatic rings. The van der Waals surface area contributed by atoms with Crippen LogP contribution in [0.1, 0.15) is 34.3 Å². The Balaban J connectivity index is 1.57. The predicted molar refractivity (Wildman–Crippen MR) is 109 cm³/mol. The Morgan fingerprint density at radius 3 is 2.37 bits per heavy atom. The molecule has 0 saturated carbocycles. The first-order valence-corrected chi connectivity index (χ1v) is 10.9. The number of hydrazone groups is 1. The van der Waals surface area contributed by atoms with E-state index in [1.807, 2.05) is 6.92 Å². The number of hydrogen-bond acceptors (Lipinski definition) is 6. The van der Waals surface area contributed by atoms with Gasteiger partial charge >= 0.3 is 0 Å². The molecule has 0 radical (unpaired) electrons. The molecule has 0 aromatic heterocycles. The first-order valence-electron chi connectivity index (χ1n) is 9.49. The standard InChI is InChI=1S/C21H23N3O5S/c1-15-6-8-18(9-7-15)30(28,29)24-12-10-16(11-13-24)20(25)23-22-14-17-4-2-3-5-19(17)21(26)27/h2-9,14,16H,10-13H2,1H3,(H,23,25)(H,26,27)/p-1/b22-14-. The van der Waals surface area contributed by atoms with Gasteiger partial charge in [0.25, 0.3) is 0 Å². The van der Waals surface area contributed by atoms with Gasteiger partial charge in [-0.05, 0) is 31.9 Å². The molecule has 9 heteroatoms. The van der Waals surface area contributed by atoms with E-state index in [1.165, 1.54) is 16.6 Å². The lowest BCUT2D eigenvalue weighted by molar-refractivity contribution is -0.255. The summed E-state index contributed by atoms with van der Waals surface area (Å²) >= 11 is 0. The Labute approximate surface area is 175 Å². The number of carbonyl (C=O) groups excluding carboxylic acids is 2. The van der Waals surface area contributed by atoms with Crippen LogP contribution in [0.4, 0.5) is 0 Å². The van der Waals surface area contributed by atoms with Crippen LogP contribution in [0.2, 0.25) is 0 Å². The molecule has 1 amide bonds. The molecule has 3 rings (SSSR count). The van der Waals surface area contributed by atoms with Crippen LogP contribution < -0.4 is 10.5 Å². The van der Waals surface area contributed by atoms with Crippen molar-refractivity contribution in [3.05, 3.63) is 65.2 Å². The Hall–Kier alpha value is -3.04. The second-order valence-electron chi connectivity index (χ2n) is 7.10. The molecule has 2 aromatic carbocycles. The van der Waals surface area contributed by atoms with E-state index in [0.29, 0.717) is 18.4 Å². The third kappa shape index (κ3) is 4.92. The highest BCUT2D eigenvalue weighted by molar-refractivity contribution is 7.89. The molecule has 1 saturated heterocycles. The average molecular weight is 428 g/mol. The largest absolute Gasteiger partial charge is 0.545 e. The van der Waals surface area contributed by atoms with E-state index < -0.39 is 16.0 Å². The fourth-order valence-corrected chi connectivity index (χ4v) is 4.74. The number of sulfonamides is 1. The SMILES string of the molecule is Cc1ccc(S(=O)(=O)N2CCC(C(=O)N/N=C\c3ccccc3C(=O)[O-])CC2)cc1. The molecule has 0 unspecified atom stereocenters. The quantitative estimate of drug-likeness (QED) is 0.542. The van der Waals surface area contributed by atoms with E-state index in [2.05, 4.69) is 10.5 Å². The highest BCUT2D eigenvalue weighted by atomic mass is 32.2. The Bertz CT molecular complexity index is 1060. The predicted octanol–water partition coefficient (Wildman–Crippen LogP) is 0.910. The molecule has 0 aliphatic carbocycles. The number of nitrogens with one attached hydrogen (secondary N) is 1. The maximum atomic E-state index is 12.7. The second-order valence-corrected chi connectivity index (χ2v) is 9.04. The molecule has 158 valence electrons. The zero-order valence-electron chi connectivity index (χ0n) is 16.4. The number of benzene rings is 2. The third-order valence-corrected chi connectivity index (χ3v) is 6.96. The molecule has 1 heterocycles. The summed E-state index contributed by atoms with van der Waals surface area (Å²) < 4.78 is 26.9. The molecule has 0 bridgehead atoms. The molecular weight excluding hydrogens is 406 g/mol. The minimum Gasteiger partial charge on any atom is -0.545 e. The number of rotatable bonds is 6. The van der Waals surface area contributed by atoms with E-state index in [-0.39, 0.29) is 35.4 Å². The van der Waals surface area contributed by atoms with Gasteiger partial charge in [-0.15, -0.1) is 0 Å². The molecule has 30 heavy (non-hydrogen) atoms. The lowest BCUT2D eigenvalue weighted by atomic mass is 9.98. The lowest BCUT2D eigenvalue weighted by Crippen LogP contribution is -2.42. The molecule has 1 N–H and O–H groups in total. The summed E-state index contributed by atoms with van der Waals surface area (Å²) in [7, 11) is -3.58. The maximum Gasteiger partial charge on any atom is 0.243 e. The van der Waals surface area contributed by atoms with Crippen molar-refractivity contribution in [3.63, 3.8) is 0 Å². The summed E-state index contributed by atoms with van der Waals surface area (Å²) in [6.07, 6.45) is 2.00. The lowest BCUT2D eigenvalue weighted by Gasteiger charge is -2.30. The smallest absolute Gasteiger partial charge is 0.243 e. The number of hydrogen-bond donors (Lipinski definition) is 1. The van der Waals surface area contributed by atoms with Gasteiger partial charge in [-0.2, -0.15) is 9.41 Å². The number of amides is 1. The van der Waals surface area contributed by atoms with E-state index in [4.69, 9.17) is 0 Å². The van der Waals surface area contributed by atoms with Crippen molar-refractivity contribution >= 4 is 28.1 Å². The Morgan fingerprint density at radius 2 is 1.73 bits per heavy atom. The second kappa shape index (κ2) is 9.19. The number of carboxylic acids is 1. The van der Waals surface area contributed by atoms with Gasteiger partial charge in [0.1, 0.15) is 0 Å². The van der Waals surface area contributed by atoms with Gasteiger partial charge in [0.15, 0.2) is 0 Å². The van der Waals surface area contributed by atoms with Crippen LogP contribution in [0.15, 0.2) is 58.5 Å². The van der Waals surface area contributed by atoms with Gasteiger partial charge in [-0.1, -0.05) is 42.0 Å². The molecular formula is C21H22N3O5S-. The maximum absolute atomic E-state index is 12.7. The summed E-state index contributed by atoms with van der Waals surface area (Å²) in [5.41, 5.74) is 3.68. The molecule has 1 aliphatic heterocycles. The highest BCUT2D eigenvalue weighted by Gasteiger charge is 2.32. The van der Waals surface area contributed by atoms with E-state index >= 15 is 0 Å². The van der Waals surface area contributed by atoms with Gasteiger partial charge < -0.3 is 9.90 Å². The summed E-state index contributed by atoms with van der Waals surface area (Å²) in [6, 6.07) is 12.8. The first-order chi connectivity index (χ1) is 14.3. The summed E-state index contributed by atoms with van der Waals surface area (Å²) in [5.74, 6) is -2.03. The van der Waals surface area contributed by atoms with Crippen LogP contribution in [0, 0.1) is 12.8 Å². The third-order valence-electron chi connectivity index (χ3n) is 5.04. The van der Waals surface area contributed by atoms with Gasteiger partial charge in [-0.25, -0.2) is 13.8 Å². The Kier molecular flexibility index (Phi) is 6.63. The van der Waals surface area contributed by atoms with Crippen LogP contribution in [0.5, 0.6) is 0 Å². The van der Waals surface area contributed by atoms with E-state index in [0.717, 1.165) is 5.56 Å². The normalized spacial score (nSPS) is 15.9. The highest BCUT2D eigenvalue weighted by Crippen LogP contribution is 2.24. The monoisotopic (exact) mass is 428 g/mol. The molecule has 2 aromatic rings. The van der Waals surface area contributed by atoms with Crippen molar-refractivity contribution < 1.29 is 23.1 Å². The van der Waals surface area contributed by atoms with Crippen molar-refractivity contribution in [1.29, 1.82) is 0 Å². The number of aryl methyl sites for hydroxylation is 1. The van der Waals surface area contributed by atoms with Gasteiger partial charge in [-0.3, -0.25) is 4.79 Å². The number of carboxylic acid groups (broad SMARTS) is 1. The van der Waals surface area contributed by atoms with Crippen LogP contribution in [-0.2, 0) is 14.8 Å². The zero-order chi connectivity index (χ0) is 21.7.